The first kappa shape index (κ1) is 13.8. The average Bonchev–Trinajstić information content (AvgIpc) is 2.33. The Balaban J connectivity index is 2.63. The van der Waals surface area contributed by atoms with E-state index in [9.17, 15) is 4.79 Å². The molecule has 0 bridgehead atoms. The standard InChI is InChI=1S/C12H16ClNO3/c1-14-8-9-10(13)4-3-5-11(9)17-7-6-12(15)16-2/h3-5,14H,6-8H2,1-2H3. The second-order valence-corrected chi connectivity index (χ2v) is 3.83. The molecule has 4 nitrogen and oxygen atoms in total. The summed E-state index contributed by atoms with van der Waals surface area (Å²) in [7, 11) is 3.19. The molecule has 0 aromatic heterocycles. The molecule has 1 N–H and O–H groups in total. The number of esters is 1. The van der Waals surface area contributed by atoms with E-state index in [0.717, 1.165) is 5.56 Å². The summed E-state index contributed by atoms with van der Waals surface area (Å²) in [5.41, 5.74) is 0.890. The van der Waals surface area contributed by atoms with Gasteiger partial charge in [-0.3, -0.25) is 4.79 Å². The molecule has 0 atom stereocenters. The van der Waals surface area contributed by atoms with Crippen molar-refractivity contribution in [2.75, 3.05) is 20.8 Å². The Morgan fingerprint density at radius 1 is 1.47 bits per heavy atom. The summed E-state index contributed by atoms with van der Waals surface area (Å²) in [5.74, 6) is 0.401. The van der Waals surface area contributed by atoms with Gasteiger partial charge in [0.2, 0.25) is 0 Å². The lowest BCUT2D eigenvalue weighted by molar-refractivity contribution is -0.141. The monoisotopic (exact) mass is 257 g/mol. The maximum absolute atomic E-state index is 10.9. The number of benzene rings is 1. The van der Waals surface area contributed by atoms with Gasteiger partial charge in [-0.25, -0.2) is 0 Å². The van der Waals surface area contributed by atoms with Gasteiger partial charge in [0, 0.05) is 17.1 Å². The van der Waals surface area contributed by atoms with Gasteiger partial charge in [0.15, 0.2) is 0 Å². The first-order valence-electron chi connectivity index (χ1n) is 5.30. The summed E-state index contributed by atoms with van der Waals surface area (Å²) in [4.78, 5) is 10.9. The molecule has 0 aliphatic heterocycles. The Kier molecular flexibility index (Phi) is 5.80. The first-order valence-corrected chi connectivity index (χ1v) is 5.68. The lowest BCUT2D eigenvalue weighted by Gasteiger charge is -2.12. The van der Waals surface area contributed by atoms with E-state index in [4.69, 9.17) is 16.3 Å². The lowest BCUT2D eigenvalue weighted by atomic mass is 10.2. The van der Waals surface area contributed by atoms with Crippen molar-refractivity contribution in [1.29, 1.82) is 0 Å². The molecule has 0 amide bonds. The van der Waals surface area contributed by atoms with E-state index >= 15 is 0 Å². The van der Waals surface area contributed by atoms with Gasteiger partial charge in [0.25, 0.3) is 0 Å². The number of carbonyl (C=O) groups excluding carboxylic acids is 1. The third kappa shape index (κ3) is 4.24. The Morgan fingerprint density at radius 3 is 2.88 bits per heavy atom. The van der Waals surface area contributed by atoms with Crippen LogP contribution in [0.2, 0.25) is 5.02 Å². The van der Waals surface area contributed by atoms with Crippen molar-refractivity contribution in [1.82, 2.24) is 5.32 Å². The largest absolute Gasteiger partial charge is 0.493 e. The topological polar surface area (TPSA) is 47.6 Å². The summed E-state index contributed by atoms with van der Waals surface area (Å²) >= 11 is 6.07. The minimum absolute atomic E-state index is 0.224. The molecule has 17 heavy (non-hydrogen) atoms. The van der Waals surface area contributed by atoms with Crippen LogP contribution in [0.5, 0.6) is 5.75 Å². The van der Waals surface area contributed by atoms with E-state index in [1.54, 1.807) is 6.07 Å². The molecule has 1 aromatic carbocycles. The number of methoxy groups -OCH3 is 1. The van der Waals surface area contributed by atoms with Gasteiger partial charge in [-0.15, -0.1) is 0 Å². The van der Waals surface area contributed by atoms with Crippen molar-refractivity contribution >= 4 is 17.6 Å². The Bertz CT molecular complexity index is 382. The molecular weight excluding hydrogens is 242 g/mol. The van der Waals surface area contributed by atoms with Gasteiger partial charge >= 0.3 is 5.97 Å². The fourth-order valence-corrected chi connectivity index (χ4v) is 1.60. The molecule has 0 unspecified atom stereocenters. The fourth-order valence-electron chi connectivity index (χ4n) is 1.37. The van der Waals surface area contributed by atoms with Crippen molar-refractivity contribution in [3.05, 3.63) is 28.8 Å². The van der Waals surface area contributed by atoms with Crippen LogP contribution in [-0.2, 0) is 16.1 Å². The number of rotatable bonds is 6. The van der Waals surface area contributed by atoms with Crippen LogP contribution in [-0.4, -0.2) is 26.7 Å². The van der Waals surface area contributed by atoms with Crippen molar-refractivity contribution in [2.24, 2.45) is 0 Å². The minimum atomic E-state index is -0.290. The van der Waals surface area contributed by atoms with Gasteiger partial charge < -0.3 is 14.8 Å². The highest BCUT2D eigenvalue weighted by atomic mass is 35.5. The Morgan fingerprint density at radius 2 is 2.24 bits per heavy atom. The van der Waals surface area contributed by atoms with Gasteiger partial charge in [-0.2, -0.15) is 0 Å². The van der Waals surface area contributed by atoms with Crippen LogP contribution in [0.15, 0.2) is 18.2 Å². The van der Waals surface area contributed by atoms with Gasteiger partial charge in [-0.1, -0.05) is 17.7 Å². The van der Waals surface area contributed by atoms with Gasteiger partial charge in [0.05, 0.1) is 20.1 Å². The number of carbonyl (C=O) groups is 1. The third-order valence-corrected chi connectivity index (χ3v) is 2.57. The second-order valence-electron chi connectivity index (χ2n) is 3.42. The van der Waals surface area contributed by atoms with E-state index in [-0.39, 0.29) is 19.0 Å². The second kappa shape index (κ2) is 7.14. The highest BCUT2D eigenvalue weighted by Crippen LogP contribution is 2.26. The molecule has 0 saturated carbocycles. The number of hydrogen-bond acceptors (Lipinski definition) is 4. The normalized spacial score (nSPS) is 10.1. The zero-order valence-corrected chi connectivity index (χ0v) is 10.7. The number of halogens is 1. The minimum Gasteiger partial charge on any atom is -0.493 e. The number of ether oxygens (including phenoxy) is 2. The zero-order chi connectivity index (χ0) is 12.7. The maximum atomic E-state index is 10.9. The average molecular weight is 258 g/mol. The predicted molar refractivity (Wildman–Crippen MR) is 66.3 cm³/mol. The quantitative estimate of drug-likeness (QED) is 0.792. The summed E-state index contributed by atoms with van der Waals surface area (Å²) in [6, 6.07) is 5.45. The molecule has 94 valence electrons. The predicted octanol–water partition coefficient (Wildman–Crippen LogP) is 2.00. The molecular formula is C12H16ClNO3. The lowest BCUT2D eigenvalue weighted by Crippen LogP contribution is -2.11. The van der Waals surface area contributed by atoms with Crippen LogP contribution in [0.25, 0.3) is 0 Å². The fraction of sp³-hybridized carbons (Fsp3) is 0.417. The Hall–Kier alpha value is -1.26. The zero-order valence-electron chi connectivity index (χ0n) is 9.96. The van der Waals surface area contributed by atoms with E-state index < -0.39 is 0 Å². The first-order chi connectivity index (χ1) is 8.19. The van der Waals surface area contributed by atoms with Crippen molar-refractivity contribution < 1.29 is 14.3 Å². The third-order valence-electron chi connectivity index (χ3n) is 2.22. The molecule has 5 heteroatoms. The van der Waals surface area contributed by atoms with Crippen molar-refractivity contribution in [2.45, 2.75) is 13.0 Å². The van der Waals surface area contributed by atoms with Crippen LogP contribution < -0.4 is 10.1 Å². The SMILES string of the molecule is CNCc1c(Cl)cccc1OCCC(=O)OC. The van der Waals surface area contributed by atoms with Gasteiger partial charge in [0.1, 0.15) is 5.75 Å². The molecule has 0 aliphatic rings. The molecule has 1 aromatic rings. The summed E-state index contributed by atoms with van der Waals surface area (Å²) in [6.45, 7) is 0.900. The van der Waals surface area contributed by atoms with Crippen LogP contribution in [0.4, 0.5) is 0 Å². The van der Waals surface area contributed by atoms with E-state index in [0.29, 0.717) is 17.3 Å². The van der Waals surface area contributed by atoms with Crippen LogP contribution in [0.1, 0.15) is 12.0 Å². The molecule has 0 fully saturated rings. The van der Waals surface area contributed by atoms with Crippen molar-refractivity contribution in [3.63, 3.8) is 0 Å². The maximum Gasteiger partial charge on any atom is 0.308 e. The molecule has 0 radical (unpaired) electrons. The van der Waals surface area contributed by atoms with Gasteiger partial charge in [-0.05, 0) is 19.2 Å². The highest BCUT2D eigenvalue weighted by molar-refractivity contribution is 6.31. The van der Waals surface area contributed by atoms with E-state index in [1.807, 2.05) is 19.2 Å². The molecule has 0 heterocycles. The number of hydrogen-bond donors (Lipinski definition) is 1. The van der Waals surface area contributed by atoms with Crippen molar-refractivity contribution in [3.8, 4) is 5.75 Å². The van der Waals surface area contributed by atoms with E-state index in [1.165, 1.54) is 7.11 Å². The summed E-state index contributed by atoms with van der Waals surface area (Å²) < 4.78 is 10.1. The number of nitrogens with one attached hydrogen (secondary N) is 1. The molecule has 0 aliphatic carbocycles. The molecule has 0 spiro atoms. The summed E-state index contributed by atoms with van der Waals surface area (Å²) in [6.07, 6.45) is 0.224. The van der Waals surface area contributed by atoms with Crippen LogP contribution in [0.3, 0.4) is 0 Å². The van der Waals surface area contributed by atoms with E-state index in [2.05, 4.69) is 10.1 Å². The Labute approximate surface area is 106 Å². The highest BCUT2D eigenvalue weighted by Gasteiger charge is 2.08. The molecule has 0 saturated heterocycles. The smallest absolute Gasteiger partial charge is 0.308 e. The van der Waals surface area contributed by atoms with Crippen LogP contribution >= 0.6 is 11.6 Å². The van der Waals surface area contributed by atoms with Crippen LogP contribution in [0, 0.1) is 0 Å². The summed E-state index contributed by atoms with van der Waals surface area (Å²) in [5, 5.41) is 3.67. The molecule has 1 rings (SSSR count).